The van der Waals surface area contributed by atoms with Gasteiger partial charge in [-0.3, -0.25) is 18.1 Å². The average Bonchev–Trinajstić information content (AvgIpc) is 3.29. The molecule has 4 N–H and O–H groups in total. The molecule has 2 saturated heterocycles. The maximum Gasteiger partial charge on any atom is 0.478 e. The number of aromatic nitrogens is 4. The van der Waals surface area contributed by atoms with E-state index in [2.05, 4.69) is 15.0 Å². The SMILES string of the molecule is CC1(C)CC(c2cccc(F)c2F)OP(=O)(OC2O[C@@H](n3cnc4c(N)ncnc43)[C@](C)(O)[C@@H]2O)O1. The molecule has 0 spiro atoms. The third-order valence-electron chi connectivity index (χ3n) is 6.11. The number of nitrogen functional groups attached to an aromatic ring is 1. The second kappa shape index (κ2) is 8.48. The summed E-state index contributed by atoms with van der Waals surface area (Å²) in [6, 6.07) is 3.54. The molecule has 36 heavy (non-hydrogen) atoms. The van der Waals surface area contributed by atoms with Crippen LogP contribution < -0.4 is 5.73 Å². The Labute approximate surface area is 203 Å². The Kier molecular flexibility index (Phi) is 5.91. The Morgan fingerprint density at radius 2 is 2.00 bits per heavy atom. The lowest BCUT2D eigenvalue weighted by Crippen LogP contribution is -2.44. The summed E-state index contributed by atoms with van der Waals surface area (Å²) >= 11 is 0. The van der Waals surface area contributed by atoms with E-state index < -0.39 is 55.4 Å². The summed E-state index contributed by atoms with van der Waals surface area (Å²) in [7, 11) is -4.55. The highest BCUT2D eigenvalue weighted by Gasteiger charge is 2.58. The van der Waals surface area contributed by atoms with Gasteiger partial charge in [0.15, 0.2) is 29.3 Å². The van der Waals surface area contributed by atoms with E-state index in [1.165, 1.54) is 36.3 Å². The van der Waals surface area contributed by atoms with Gasteiger partial charge in [0.1, 0.15) is 29.7 Å². The van der Waals surface area contributed by atoms with E-state index in [0.717, 1.165) is 6.07 Å². The first-order valence-electron chi connectivity index (χ1n) is 10.9. The average molecular weight is 527 g/mol. The molecule has 12 nitrogen and oxygen atoms in total. The van der Waals surface area contributed by atoms with Crippen LogP contribution in [0.3, 0.4) is 0 Å². The van der Waals surface area contributed by atoms with Crippen molar-refractivity contribution in [2.45, 2.75) is 63.1 Å². The number of anilines is 1. The van der Waals surface area contributed by atoms with E-state index in [0.29, 0.717) is 0 Å². The van der Waals surface area contributed by atoms with Crippen LogP contribution in [0.25, 0.3) is 11.2 Å². The van der Waals surface area contributed by atoms with E-state index in [4.69, 9.17) is 24.0 Å². The molecule has 1 aromatic carbocycles. The van der Waals surface area contributed by atoms with Crippen LogP contribution >= 0.6 is 7.82 Å². The van der Waals surface area contributed by atoms with Crippen LogP contribution in [0.15, 0.2) is 30.9 Å². The van der Waals surface area contributed by atoms with Gasteiger partial charge in [-0.1, -0.05) is 12.1 Å². The van der Waals surface area contributed by atoms with Gasteiger partial charge in [0.2, 0.25) is 6.29 Å². The summed E-state index contributed by atoms with van der Waals surface area (Å²) in [4.78, 5) is 12.1. The van der Waals surface area contributed by atoms with E-state index in [1.807, 2.05) is 0 Å². The van der Waals surface area contributed by atoms with Crippen molar-refractivity contribution >= 4 is 24.8 Å². The number of fused-ring (bicyclic) bond motifs is 1. The van der Waals surface area contributed by atoms with Gasteiger partial charge >= 0.3 is 7.82 Å². The van der Waals surface area contributed by atoms with Crippen LogP contribution in [0.2, 0.25) is 0 Å². The standard InChI is InChI=1S/C21H24F2N5O7P/c1-20(2)7-12(10-5-4-6-11(22)13(10)23)33-36(31,35-20)34-18-15(29)21(3,30)19(32-18)28-9-27-14-16(24)25-8-26-17(14)28/h4-6,8-9,12,15,18-19,29-30H,7H2,1-3H3,(H2,24,25,26)/t12?,15-,18?,19-,21-,36?/m1/s1. The maximum atomic E-state index is 14.5. The highest BCUT2D eigenvalue weighted by molar-refractivity contribution is 7.48. The Bertz CT molecular complexity index is 1370. The first-order chi connectivity index (χ1) is 16.8. The van der Waals surface area contributed by atoms with Gasteiger partial charge in [0, 0.05) is 12.0 Å². The first-order valence-corrected chi connectivity index (χ1v) is 12.4. The molecular weight excluding hydrogens is 503 g/mol. The topological polar surface area (TPSA) is 164 Å². The van der Waals surface area contributed by atoms with Crippen molar-refractivity contribution in [1.29, 1.82) is 0 Å². The van der Waals surface area contributed by atoms with Gasteiger partial charge in [0.05, 0.1) is 11.9 Å². The van der Waals surface area contributed by atoms with Crippen molar-refractivity contribution in [2.75, 3.05) is 5.73 Å². The Hall–Kier alpha value is -2.58. The third kappa shape index (κ3) is 4.18. The quantitative estimate of drug-likeness (QED) is 0.427. The molecule has 5 rings (SSSR count). The van der Waals surface area contributed by atoms with Crippen LogP contribution in [0.5, 0.6) is 0 Å². The van der Waals surface area contributed by atoms with Crippen LogP contribution in [0, 0.1) is 11.6 Å². The fourth-order valence-corrected chi connectivity index (χ4v) is 6.08. The van der Waals surface area contributed by atoms with E-state index in [1.54, 1.807) is 13.8 Å². The van der Waals surface area contributed by atoms with Crippen molar-refractivity contribution < 1.29 is 41.9 Å². The highest BCUT2D eigenvalue weighted by Crippen LogP contribution is 2.63. The Balaban J connectivity index is 1.44. The number of aliphatic hydroxyl groups excluding tert-OH is 1. The first kappa shape index (κ1) is 25.1. The third-order valence-corrected chi connectivity index (χ3v) is 7.81. The number of benzene rings is 1. The van der Waals surface area contributed by atoms with E-state index >= 15 is 0 Å². The molecule has 2 aromatic heterocycles. The lowest BCUT2D eigenvalue weighted by Gasteiger charge is -2.39. The van der Waals surface area contributed by atoms with Crippen LogP contribution in [-0.2, 0) is 22.9 Å². The lowest BCUT2D eigenvalue weighted by molar-refractivity contribution is -0.156. The molecule has 3 aromatic rings. The minimum atomic E-state index is -4.55. The van der Waals surface area contributed by atoms with Gasteiger partial charge in [-0.25, -0.2) is 28.3 Å². The van der Waals surface area contributed by atoms with Gasteiger partial charge in [-0.15, -0.1) is 0 Å². The molecule has 15 heteroatoms. The zero-order chi connectivity index (χ0) is 26.0. The number of hydrogen-bond donors (Lipinski definition) is 3. The van der Waals surface area contributed by atoms with Crippen molar-refractivity contribution in [3.8, 4) is 0 Å². The maximum absolute atomic E-state index is 14.5. The molecule has 194 valence electrons. The number of imidazole rings is 1. The summed E-state index contributed by atoms with van der Waals surface area (Å²) in [6.07, 6.45) is -3.45. The molecule has 4 heterocycles. The van der Waals surface area contributed by atoms with Crippen molar-refractivity contribution in [3.05, 3.63) is 48.1 Å². The fourth-order valence-electron chi connectivity index (χ4n) is 4.34. The normalized spacial score (nSPS) is 34.3. The second-order valence-electron chi connectivity index (χ2n) is 9.46. The van der Waals surface area contributed by atoms with Gasteiger partial charge in [0.25, 0.3) is 0 Å². The van der Waals surface area contributed by atoms with E-state index in [-0.39, 0.29) is 29.0 Å². The van der Waals surface area contributed by atoms with Crippen molar-refractivity contribution in [1.82, 2.24) is 19.5 Å². The number of hydrogen-bond acceptors (Lipinski definition) is 11. The number of nitrogens with two attached hydrogens (primary N) is 1. The number of nitrogens with zero attached hydrogens (tertiary/aromatic N) is 4. The minimum absolute atomic E-state index is 0.0251. The molecule has 2 aliphatic rings. The van der Waals surface area contributed by atoms with Crippen LogP contribution in [0.1, 0.15) is 45.1 Å². The largest absolute Gasteiger partial charge is 0.478 e. The molecule has 2 aliphatic heterocycles. The number of phosphoric ester groups is 1. The number of aliphatic hydroxyl groups is 2. The summed E-state index contributed by atoms with van der Waals surface area (Å²) in [5.74, 6) is -2.15. The number of ether oxygens (including phenoxy) is 1. The van der Waals surface area contributed by atoms with Gasteiger partial charge in [-0.2, -0.15) is 0 Å². The second-order valence-corrected chi connectivity index (χ2v) is 11.0. The van der Waals surface area contributed by atoms with Gasteiger partial charge < -0.3 is 20.7 Å². The monoisotopic (exact) mass is 527 g/mol. The van der Waals surface area contributed by atoms with Crippen LogP contribution in [0.4, 0.5) is 14.6 Å². The number of phosphoric acid groups is 1. The van der Waals surface area contributed by atoms with Crippen molar-refractivity contribution in [2.24, 2.45) is 0 Å². The predicted molar refractivity (Wildman–Crippen MR) is 119 cm³/mol. The molecule has 3 unspecified atom stereocenters. The molecule has 0 amide bonds. The minimum Gasteiger partial charge on any atom is -0.385 e. The molecule has 0 radical (unpaired) electrons. The Morgan fingerprint density at radius 1 is 1.25 bits per heavy atom. The highest BCUT2D eigenvalue weighted by atomic mass is 31.2. The fraction of sp³-hybridized carbons (Fsp3) is 0.476. The molecule has 0 saturated carbocycles. The molecule has 6 atom stereocenters. The summed E-state index contributed by atoms with van der Waals surface area (Å²) in [5.41, 5.74) is 2.95. The summed E-state index contributed by atoms with van der Waals surface area (Å²) in [6.45, 7) is 4.42. The van der Waals surface area contributed by atoms with E-state index in [9.17, 15) is 23.6 Å². The molecule has 0 aliphatic carbocycles. The molecule has 0 bridgehead atoms. The smallest absolute Gasteiger partial charge is 0.385 e. The lowest BCUT2D eigenvalue weighted by atomic mass is 9.96. The summed E-state index contributed by atoms with van der Waals surface area (Å²) < 4.78 is 65.4. The predicted octanol–water partition coefficient (Wildman–Crippen LogP) is 2.74. The zero-order valence-electron chi connectivity index (χ0n) is 19.4. The molecular formula is C21H24F2N5O7P. The molecule has 2 fully saturated rings. The van der Waals surface area contributed by atoms with Crippen LogP contribution in [-0.4, -0.2) is 53.3 Å². The number of halogens is 2. The van der Waals surface area contributed by atoms with Gasteiger partial charge in [-0.05, 0) is 26.8 Å². The zero-order valence-corrected chi connectivity index (χ0v) is 20.3. The summed E-state index contributed by atoms with van der Waals surface area (Å²) in [5, 5.41) is 21.9. The number of rotatable bonds is 4. The van der Waals surface area contributed by atoms with Crippen molar-refractivity contribution in [3.63, 3.8) is 0 Å². The Morgan fingerprint density at radius 3 is 2.75 bits per heavy atom.